The van der Waals surface area contributed by atoms with E-state index in [1.807, 2.05) is 0 Å². The molecule has 5 nitrogen and oxygen atoms in total. The van der Waals surface area contributed by atoms with Crippen LogP contribution in [0, 0.1) is 22.6 Å². The molecule has 94 valence electrons. The number of nitriles is 1. The maximum atomic E-state index is 13.5. The van der Waals surface area contributed by atoms with Crippen LogP contribution < -0.4 is 11.2 Å². The number of amidine groups is 1. The Morgan fingerprint density at radius 3 is 2.67 bits per heavy atom. The lowest BCUT2D eigenvalue weighted by Gasteiger charge is -2.08. The number of nitrogens with one attached hydrogen (secondary N) is 2. The summed E-state index contributed by atoms with van der Waals surface area (Å²) in [6, 6.07) is 3.04. The van der Waals surface area contributed by atoms with Crippen molar-refractivity contribution in [2.75, 3.05) is 5.43 Å². The van der Waals surface area contributed by atoms with Gasteiger partial charge in [0.15, 0.2) is 11.7 Å². The summed E-state index contributed by atoms with van der Waals surface area (Å²) < 4.78 is 14.1. The van der Waals surface area contributed by atoms with Crippen LogP contribution in [0.1, 0.15) is 0 Å². The Kier molecular flexibility index (Phi) is 5.07. The van der Waals surface area contributed by atoms with Crippen molar-refractivity contribution in [3.63, 3.8) is 0 Å². The van der Waals surface area contributed by atoms with Crippen LogP contribution in [0.3, 0.4) is 0 Å². The third-order valence-corrected chi connectivity index (χ3v) is 3.31. The molecule has 0 aliphatic carbocycles. The zero-order valence-corrected chi connectivity index (χ0v) is 12.5. The largest absolute Gasteiger partial charge is 0.382 e. The van der Waals surface area contributed by atoms with Gasteiger partial charge in [-0.1, -0.05) is 11.6 Å². The topological polar surface area (TPSA) is 98.0 Å². The van der Waals surface area contributed by atoms with E-state index in [0.717, 1.165) is 0 Å². The fourth-order valence-corrected chi connectivity index (χ4v) is 2.65. The van der Waals surface area contributed by atoms with Gasteiger partial charge in [0.05, 0.1) is 10.2 Å². The van der Waals surface area contributed by atoms with Gasteiger partial charge in [0.2, 0.25) is 5.71 Å². The third kappa shape index (κ3) is 3.19. The highest BCUT2D eigenvalue weighted by atomic mass is 79.9. The molecule has 0 saturated carbocycles. The fourth-order valence-electron chi connectivity index (χ4n) is 0.926. The van der Waals surface area contributed by atoms with Crippen LogP contribution in [0.2, 0.25) is 5.02 Å². The van der Waals surface area contributed by atoms with Crippen molar-refractivity contribution in [3.05, 3.63) is 25.9 Å². The third-order valence-electron chi connectivity index (χ3n) is 1.75. The molecule has 0 aromatic heterocycles. The van der Waals surface area contributed by atoms with Gasteiger partial charge in [-0.25, -0.2) is 4.39 Å². The zero-order chi connectivity index (χ0) is 13.9. The van der Waals surface area contributed by atoms with Crippen molar-refractivity contribution in [1.82, 2.24) is 0 Å². The van der Waals surface area contributed by atoms with Crippen LogP contribution in [0.5, 0.6) is 0 Å². The number of nitrogens with two attached hydrogens (primary N) is 1. The maximum absolute atomic E-state index is 13.5. The molecule has 0 bridgehead atoms. The molecule has 1 rings (SSSR count). The predicted octanol–water partition coefficient (Wildman–Crippen LogP) is 3.23. The van der Waals surface area contributed by atoms with E-state index >= 15 is 0 Å². The lowest BCUT2D eigenvalue weighted by Crippen LogP contribution is -2.22. The molecule has 0 heterocycles. The van der Waals surface area contributed by atoms with Crippen molar-refractivity contribution in [3.8, 4) is 6.07 Å². The van der Waals surface area contributed by atoms with E-state index in [9.17, 15) is 4.39 Å². The summed E-state index contributed by atoms with van der Waals surface area (Å²) in [5.74, 6) is -1.17. The quantitative estimate of drug-likeness (QED) is 0.240. The highest BCUT2D eigenvalue weighted by Gasteiger charge is 2.14. The van der Waals surface area contributed by atoms with E-state index in [2.05, 4.69) is 42.4 Å². The van der Waals surface area contributed by atoms with Crippen LogP contribution in [0.25, 0.3) is 0 Å². The SMILES string of the molecule is N#C/C(=N\Nc1c(Br)cc(Br)c(F)c1Cl)C(=N)N. The van der Waals surface area contributed by atoms with Crippen molar-refractivity contribution in [2.24, 2.45) is 10.8 Å². The first-order valence-corrected chi connectivity index (χ1v) is 6.26. The average Bonchev–Trinajstić information content (AvgIpc) is 2.30. The van der Waals surface area contributed by atoms with Crippen molar-refractivity contribution in [1.29, 1.82) is 10.7 Å². The standard InChI is InChI=1S/C9H5Br2ClFN5/c10-3-1-4(11)8(6(12)7(3)13)18-17-5(2-14)9(15)16/h1,18H,(H3,15,16)/b17-5+. The van der Waals surface area contributed by atoms with Gasteiger partial charge in [0.25, 0.3) is 0 Å². The van der Waals surface area contributed by atoms with E-state index in [-0.39, 0.29) is 20.9 Å². The Morgan fingerprint density at radius 2 is 2.17 bits per heavy atom. The predicted molar refractivity (Wildman–Crippen MR) is 75.4 cm³/mol. The normalized spacial score (nSPS) is 10.9. The van der Waals surface area contributed by atoms with Crippen LogP contribution in [-0.2, 0) is 0 Å². The molecule has 0 saturated heterocycles. The Balaban J connectivity index is 3.18. The molecular weight excluding hydrogens is 392 g/mol. The number of rotatable bonds is 3. The van der Waals surface area contributed by atoms with E-state index < -0.39 is 11.7 Å². The number of hydrogen-bond acceptors (Lipinski definition) is 4. The van der Waals surface area contributed by atoms with E-state index in [4.69, 9.17) is 28.0 Å². The molecule has 18 heavy (non-hydrogen) atoms. The number of benzene rings is 1. The molecule has 0 atom stereocenters. The van der Waals surface area contributed by atoms with Gasteiger partial charge >= 0.3 is 0 Å². The van der Waals surface area contributed by atoms with E-state index in [1.54, 1.807) is 6.07 Å². The van der Waals surface area contributed by atoms with Gasteiger partial charge in [-0.2, -0.15) is 10.4 Å². The molecular formula is C9H5Br2ClFN5. The smallest absolute Gasteiger partial charge is 0.201 e. The molecule has 1 aromatic carbocycles. The molecule has 9 heteroatoms. The Bertz CT molecular complexity index is 581. The molecule has 0 fully saturated rings. The second-order valence-electron chi connectivity index (χ2n) is 2.94. The number of nitrogens with zero attached hydrogens (tertiary/aromatic N) is 2. The minimum absolute atomic E-state index is 0.131. The minimum Gasteiger partial charge on any atom is -0.382 e. The van der Waals surface area contributed by atoms with Crippen LogP contribution in [-0.4, -0.2) is 11.5 Å². The van der Waals surface area contributed by atoms with Gasteiger partial charge in [-0.3, -0.25) is 10.8 Å². The molecule has 0 unspecified atom stereocenters. The van der Waals surface area contributed by atoms with E-state index in [1.165, 1.54) is 6.07 Å². The molecule has 1 aromatic rings. The van der Waals surface area contributed by atoms with Crippen LogP contribution in [0.15, 0.2) is 20.1 Å². The number of anilines is 1. The second-order valence-corrected chi connectivity index (χ2v) is 5.03. The summed E-state index contributed by atoms with van der Waals surface area (Å²) in [7, 11) is 0. The molecule has 0 spiro atoms. The van der Waals surface area contributed by atoms with Crippen LogP contribution >= 0.6 is 43.5 Å². The Morgan fingerprint density at radius 1 is 1.56 bits per heavy atom. The zero-order valence-electron chi connectivity index (χ0n) is 8.56. The Labute approximate surface area is 124 Å². The van der Waals surface area contributed by atoms with Gasteiger partial charge in [-0.15, -0.1) is 0 Å². The van der Waals surface area contributed by atoms with Gasteiger partial charge in [0.1, 0.15) is 11.1 Å². The summed E-state index contributed by atoms with van der Waals surface area (Å²) in [6.07, 6.45) is 0. The first kappa shape index (κ1) is 14.9. The Hall–Kier alpha value is -1.17. The second kappa shape index (κ2) is 6.13. The van der Waals surface area contributed by atoms with Gasteiger partial charge < -0.3 is 5.73 Å². The fraction of sp³-hybridized carbons (Fsp3) is 0. The van der Waals surface area contributed by atoms with Crippen LogP contribution in [0.4, 0.5) is 10.1 Å². The summed E-state index contributed by atoms with van der Waals surface area (Å²) in [4.78, 5) is 0. The molecule has 0 aliphatic rings. The van der Waals surface area contributed by atoms with Crippen molar-refractivity contribution < 1.29 is 4.39 Å². The number of hydrazone groups is 1. The van der Waals surface area contributed by atoms with Crippen molar-refractivity contribution in [2.45, 2.75) is 0 Å². The average molecular weight is 397 g/mol. The van der Waals surface area contributed by atoms with E-state index in [0.29, 0.717) is 4.47 Å². The monoisotopic (exact) mass is 395 g/mol. The van der Waals surface area contributed by atoms with Crippen molar-refractivity contribution >= 4 is 60.7 Å². The summed E-state index contributed by atoms with van der Waals surface area (Å²) in [6.45, 7) is 0. The lowest BCUT2D eigenvalue weighted by atomic mass is 10.3. The first-order valence-electron chi connectivity index (χ1n) is 4.29. The molecule has 0 radical (unpaired) electrons. The summed E-state index contributed by atoms with van der Waals surface area (Å²) >= 11 is 11.9. The maximum Gasteiger partial charge on any atom is 0.201 e. The van der Waals surface area contributed by atoms with Gasteiger partial charge in [-0.05, 0) is 37.9 Å². The minimum atomic E-state index is -0.668. The molecule has 4 N–H and O–H groups in total. The number of hydrogen-bond donors (Lipinski definition) is 3. The lowest BCUT2D eigenvalue weighted by molar-refractivity contribution is 0.621. The molecule has 0 aliphatic heterocycles. The first-order chi connectivity index (χ1) is 8.38. The van der Waals surface area contributed by atoms with Gasteiger partial charge in [0, 0.05) is 4.47 Å². The highest BCUT2D eigenvalue weighted by molar-refractivity contribution is 9.11. The number of halogens is 4. The molecule has 0 amide bonds. The highest BCUT2D eigenvalue weighted by Crippen LogP contribution is 2.37. The summed E-state index contributed by atoms with van der Waals surface area (Å²) in [5, 5.41) is 19.1. The summed E-state index contributed by atoms with van der Waals surface area (Å²) in [5.41, 5.74) is 7.29.